The first-order valence-electron chi connectivity index (χ1n) is 6.45. The molecule has 21 heavy (non-hydrogen) atoms. The SMILES string of the molecule is O=C(CC1C=CCC1)Nc1ccc(C(=O)O)cc1[N+](=O)[O-]. The van der Waals surface area contributed by atoms with E-state index in [1.54, 1.807) is 0 Å². The van der Waals surface area contributed by atoms with E-state index >= 15 is 0 Å². The van der Waals surface area contributed by atoms with Crippen molar-refractivity contribution in [2.75, 3.05) is 5.32 Å². The van der Waals surface area contributed by atoms with E-state index in [0.29, 0.717) is 0 Å². The predicted octanol–water partition coefficient (Wildman–Crippen LogP) is 2.59. The first-order valence-corrected chi connectivity index (χ1v) is 6.45. The molecule has 0 radical (unpaired) electrons. The third-order valence-corrected chi connectivity index (χ3v) is 3.28. The van der Waals surface area contributed by atoms with Gasteiger partial charge in [-0.3, -0.25) is 14.9 Å². The maximum atomic E-state index is 11.9. The lowest BCUT2D eigenvalue weighted by atomic mass is 10.0. The number of hydrogen-bond acceptors (Lipinski definition) is 4. The molecule has 1 aliphatic carbocycles. The van der Waals surface area contributed by atoms with Crippen LogP contribution in [-0.4, -0.2) is 21.9 Å². The van der Waals surface area contributed by atoms with Crippen LogP contribution in [0.1, 0.15) is 29.6 Å². The molecule has 0 aliphatic heterocycles. The van der Waals surface area contributed by atoms with Gasteiger partial charge in [-0.05, 0) is 30.9 Å². The molecule has 7 heteroatoms. The number of rotatable bonds is 5. The molecular weight excluding hydrogens is 276 g/mol. The largest absolute Gasteiger partial charge is 0.478 e. The van der Waals surface area contributed by atoms with Crippen LogP contribution in [0.3, 0.4) is 0 Å². The van der Waals surface area contributed by atoms with Crippen molar-refractivity contribution >= 4 is 23.3 Å². The molecule has 1 amide bonds. The topological polar surface area (TPSA) is 110 Å². The molecule has 1 aliphatic rings. The molecule has 1 unspecified atom stereocenters. The summed E-state index contributed by atoms with van der Waals surface area (Å²) < 4.78 is 0. The number of carboxylic acid groups (broad SMARTS) is 1. The molecule has 1 atom stereocenters. The third-order valence-electron chi connectivity index (χ3n) is 3.28. The van der Waals surface area contributed by atoms with Gasteiger partial charge in [-0.25, -0.2) is 4.79 Å². The molecule has 0 spiro atoms. The highest BCUT2D eigenvalue weighted by Gasteiger charge is 2.20. The van der Waals surface area contributed by atoms with Gasteiger partial charge in [-0.2, -0.15) is 0 Å². The number of benzene rings is 1. The number of anilines is 1. The highest BCUT2D eigenvalue weighted by molar-refractivity contribution is 5.95. The van der Waals surface area contributed by atoms with Crippen molar-refractivity contribution in [2.45, 2.75) is 19.3 Å². The van der Waals surface area contributed by atoms with Crippen LogP contribution in [0.5, 0.6) is 0 Å². The Morgan fingerprint density at radius 1 is 1.43 bits per heavy atom. The van der Waals surface area contributed by atoms with E-state index in [1.807, 2.05) is 12.2 Å². The number of hydrogen-bond donors (Lipinski definition) is 2. The van der Waals surface area contributed by atoms with Gasteiger partial charge in [0, 0.05) is 12.5 Å². The number of amides is 1. The normalized spacial score (nSPS) is 16.7. The lowest BCUT2D eigenvalue weighted by Crippen LogP contribution is -2.16. The number of nitrogens with zero attached hydrogens (tertiary/aromatic N) is 1. The van der Waals surface area contributed by atoms with E-state index in [1.165, 1.54) is 12.1 Å². The number of carbonyl (C=O) groups is 2. The molecule has 0 saturated carbocycles. The van der Waals surface area contributed by atoms with E-state index in [-0.39, 0.29) is 29.5 Å². The minimum Gasteiger partial charge on any atom is -0.478 e. The summed E-state index contributed by atoms with van der Waals surface area (Å²) >= 11 is 0. The molecule has 1 aromatic carbocycles. The van der Waals surface area contributed by atoms with Gasteiger partial charge < -0.3 is 10.4 Å². The van der Waals surface area contributed by atoms with Gasteiger partial charge in [0.2, 0.25) is 5.91 Å². The molecular formula is C14H14N2O5. The third kappa shape index (κ3) is 3.65. The Kier molecular flexibility index (Phi) is 4.32. The molecule has 2 rings (SSSR count). The zero-order valence-corrected chi connectivity index (χ0v) is 11.1. The zero-order valence-electron chi connectivity index (χ0n) is 11.1. The summed E-state index contributed by atoms with van der Waals surface area (Å²) in [4.78, 5) is 33.0. The number of nitro benzene ring substituents is 1. The summed E-state index contributed by atoms with van der Waals surface area (Å²) in [6.45, 7) is 0. The second-order valence-electron chi connectivity index (χ2n) is 4.81. The summed E-state index contributed by atoms with van der Waals surface area (Å²) in [7, 11) is 0. The zero-order chi connectivity index (χ0) is 15.4. The summed E-state index contributed by atoms with van der Waals surface area (Å²) in [6.07, 6.45) is 6.05. The second kappa shape index (κ2) is 6.17. The Labute approximate surface area is 120 Å². The lowest BCUT2D eigenvalue weighted by Gasteiger charge is -2.09. The number of carbonyl (C=O) groups excluding carboxylic acids is 1. The fraction of sp³-hybridized carbons (Fsp3) is 0.286. The van der Waals surface area contributed by atoms with Crippen LogP contribution in [0.15, 0.2) is 30.4 Å². The summed E-state index contributed by atoms with van der Waals surface area (Å²) in [5.74, 6) is -1.42. The summed E-state index contributed by atoms with van der Waals surface area (Å²) in [6, 6.07) is 3.40. The van der Waals surface area contributed by atoms with Gasteiger partial charge in [0.1, 0.15) is 5.69 Å². The molecule has 110 valence electrons. The van der Waals surface area contributed by atoms with E-state index in [2.05, 4.69) is 5.32 Å². The van der Waals surface area contributed by atoms with Crippen molar-refractivity contribution in [3.8, 4) is 0 Å². The fourth-order valence-corrected chi connectivity index (χ4v) is 2.23. The molecule has 2 N–H and O–H groups in total. The van der Waals surface area contributed by atoms with Crippen LogP contribution < -0.4 is 5.32 Å². The van der Waals surface area contributed by atoms with Crippen LogP contribution in [-0.2, 0) is 4.79 Å². The highest BCUT2D eigenvalue weighted by Crippen LogP contribution is 2.27. The van der Waals surface area contributed by atoms with Gasteiger partial charge >= 0.3 is 5.97 Å². The summed E-state index contributed by atoms with van der Waals surface area (Å²) in [5, 5.41) is 22.3. The van der Waals surface area contributed by atoms with E-state index < -0.39 is 16.6 Å². The number of carboxylic acids is 1. The van der Waals surface area contributed by atoms with Crippen LogP contribution in [0, 0.1) is 16.0 Å². The number of nitrogens with one attached hydrogen (secondary N) is 1. The lowest BCUT2D eigenvalue weighted by molar-refractivity contribution is -0.384. The Morgan fingerprint density at radius 2 is 2.19 bits per heavy atom. The van der Waals surface area contributed by atoms with Crippen LogP contribution in [0.4, 0.5) is 11.4 Å². The van der Waals surface area contributed by atoms with Crippen LogP contribution in [0.2, 0.25) is 0 Å². The Morgan fingerprint density at radius 3 is 2.76 bits per heavy atom. The maximum absolute atomic E-state index is 11.9. The van der Waals surface area contributed by atoms with Crippen molar-refractivity contribution in [1.29, 1.82) is 0 Å². The van der Waals surface area contributed by atoms with Gasteiger partial charge in [0.15, 0.2) is 0 Å². The highest BCUT2D eigenvalue weighted by atomic mass is 16.6. The molecule has 1 aromatic rings. The van der Waals surface area contributed by atoms with E-state index in [9.17, 15) is 19.7 Å². The van der Waals surface area contributed by atoms with Crippen molar-refractivity contribution in [1.82, 2.24) is 0 Å². The number of aromatic carboxylic acids is 1. The van der Waals surface area contributed by atoms with Gasteiger partial charge in [0.05, 0.1) is 10.5 Å². The Bertz CT molecular complexity index is 624. The quantitative estimate of drug-likeness (QED) is 0.492. The van der Waals surface area contributed by atoms with Gasteiger partial charge in [0.25, 0.3) is 5.69 Å². The average Bonchev–Trinajstić information content (AvgIpc) is 2.91. The minimum absolute atomic E-state index is 0.0111. The molecule has 7 nitrogen and oxygen atoms in total. The van der Waals surface area contributed by atoms with E-state index in [0.717, 1.165) is 18.9 Å². The van der Waals surface area contributed by atoms with E-state index in [4.69, 9.17) is 5.11 Å². The Balaban J connectivity index is 2.14. The van der Waals surface area contributed by atoms with Crippen molar-refractivity contribution in [2.24, 2.45) is 5.92 Å². The number of allylic oxidation sites excluding steroid dienone is 2. The monoisotopic (exact) mass is 290 g/mol. The molecule has 0 bridgehead atoms. The number of nitro groups is 1. The second-order valence-corrected chi connectivity index (χ2v) is 4.81. The van der Waals surface area contributed by atoms with Crippen LogP contribution >= 0.6 is 0 Å². The van der Waals surface area contributed by atoms with Crippen molar-refractivity contribution in [3.05, 3.63) is 46.0 Å². The molecule has 0 aromatic heterocycles. The van der Waals surface area contributed by atoms with Gasteiger partial charge in [-0.15, -0.1) is 0 Å². The summed E-state index contributed by atoms with van der Waals surface area (Å²) in [5.41, 5.74) is -0.611. The first-order chi connectivity index (χ1) is 9.97. The predicted molar refractivity (Wildman–Crippen MR) is 75.2 cm³/mol. The fourth-order valence-electron chi connectivity index (χ4n) is 2.23. The maximum Gasteiger partial charge on any atom is 0.335 e. The average molecular weight is 290 g/mol. The molecule has 0 saturated heterocycles. The standard InChI is InChI=1S/C14H14N2O5/c17-13(7-9-3-1-2-4-9)15-11-6-5-10(14(18)19)8-12(11)16(20)21/h1,3,5-6,8-9H,2,4,7H2,(H,15,17)(H,18,19). The van der Waals surface area contributed by atoms with Gasteiger partial charge in [-0.1, -0.05) is 12.2 Å². The molecule has 0 fully saturated rings. The van der Waals surface area contributed by atoms with Crippen LogP contribution in [0.25, 0.3) is 0 Å². The first kappa shape index (κ1) is 14.7. The van der Waals surface area contributed by atoms with Crippen molar-refractivity contribution < 1.29 is 19.6 Å². The smallest absolute Gasteiger partial charge is 0.335 e. The molecule has 0 heterocycles. The Hall–Kier alpha value is -2.70. The van der Waals surface area contributed by atoms with Crippen molar-refractivity contribution in [3.63, 3.8) is 0 Å². The minimum atomic E-state index is -1.26.